The summed E-state index contributed by atoms with van der Waals surface area (Å²) in [6, 6.07) is 12.5. The Labute approximate surface area is 242 Å². The molecule has 2 fully saturated rings. The van der Waals surface area contributed by atoms with Gasteiger partial charge in [-0.2, -0.15) is 15.3 Å². The van der Waals surface area contributed by atoms with Crippen molar-refractivity contribution < 1.29 is 4.79 Å². The minimum absolute atomic E-state index is 0.182. The third-order valence-corrected chi connectivity index (χ3v) is 8.24. The molecule has 0 spiro atoms. The Morgan fingerprint density at radius 3 is 2.41 bits per heavy atom. The van der Waals surface area contributed by atoms with Crippen LogP contribution in [0.15, 0.2) is 36.5 Å². The van der Waals surface area contributed by atoms with Gasteiger partial charge in [-0.1, -0.05) is 38.2 Å². The second-order valence-corrected chi connectivity index (χ2v) is 11.5. The number of carbonyl (C=O) groups is 1. The first-order valence-electron chi connectivity index (χ1n) is 14.7. The average Bonchev–Trinajstić information content (AvgIpc) is 3.74. The molecule has 1 amide bonds. The zero-order valence-corrected chi connectivity index (χ0v) is 24.2. The number of fused-ring (bicyclic) bond motifs is 1. The summed E-state index contributed by atoms with van der Waals surface area (Å²) in [6.45, 7) is 2.02. The fourth-order valence-electron chi connectivity index (χ4n) is 5.99. The highest BCUT2D eigenvalue weighted by Gasteiger charge is 2.32. The van der Waals surface area contributed by atoms with Gasteiger partial charge in [0, 0.05) is 35.5 Å². The van der Waals surface area contributed by atoms with Gasteiger partial charge in [0.2, 0.25) is 12.4 Å². The molecule has 0 bridgehead atoms. The SMILES string of the molecule is CC1(NC=O)Cc2ccc(C#N)cc2C1.CNC1CCCCC1.Nc1nccc(Nc2cc(C3CCCC3)[nH]n2)n1. The lowest BCUT2D eigenvalue weighted by atomic mass is 9.96. The molecule has 0 radical (unpaired) electrons. The molecule has 41 heavy (non-hydrogen) atoms. The van der Waals surface area contributed by atoms with Crippen molar-refractivity contribution in [2.75, 3.05) is 18.1 Å². The third kappa shape index (κ3) is 8.76. The molecule has 0 aliphatic heterocycles. The lowest BCUT2D eigenvalue weighted by Gasteiger charge is -2.22. The monoisotopic (exact) mass is 557 g/mol. The molecule has 6 N–H and O–H groups in total. The Hall–Kier alpha value is -3.97. The number of benzene rings is 1. The largest absolute Gasteiger partial charge is 0.368 e. The van der Waals surface area contributed by atoms with Crippen LogP contribution in [-0.2, 0) is 17.6 Å². The van der Waals surface area contributed by atoms with Crippen LogP contribution in [0.25, 0.3) is 0 Å². The normalized spacial score (nSPS) is 20.0. The van der Waals surface area contributed by atoms with Crippen molar-refractivity contribution in [3.05, 3.63) is 58.9 Å². The Kier molecular flexibility index (Phi) is 10.7. The number of carbonyl (C=O) groups excluding carboxylic acids is 1. The predicted molar refractivity (Wildman–Crippen MR) is 162 cm³/mol. The molecule has 10 nitrogen and oxygen atoms in total. The van der Waals surface area contributed by atoms with E-state index in [1.807, 2.05) is 31.2 Å². The lowest BCUT2D eigenvalue weighted by Crippen LogP contribution is -2.42. The summed E-state index contributed by atoms with van der Waals surface area (Å²) in [4.78, 5) is 18.4. The van der Waals surface area contributed by atoms with Gasteiger partial charge in [-0.15, -0.1) is 0 Å². The van der Waals surface area contributed by atoms with Gasteiger partial charge in [0.05, 0.1) is 11.6 Å². The van der Waals surface area contributed by atoms with Crippen molar-refractivity contribution in [2.24, 2.45) is 0 Å². The molecule has 0 saturated heterocycles. The van der Waals surface area contributed by atoms with Gasteiger partial charge >= 0.3 is 0 Å². The number of hydrogen-bond acceptors (Lipinski definition) is 8. The smallest absolute Gasteiger partial charge is 0.221 e. The summed E-state index contributed by atoms with van der Waals surface area (Å²) >= 11 is 0. The van der Waals surface area contributed by atoms with E-state index >= 15 is 0 Å². The van der Waals surface area contributed by atoms with Crippen LogP contribution < -0.4 is 21.7 Å². The number of nitrogens with two attached hydrogens (primary N) is 1. The van der Waals surface area contributed by atoms with E-state index in [4.69, 9.17) is 11.0 Å². The van der Waals surface area contributed by atoms with Gasteiger partial charge in [0.25, 0.3) is 0 Å². The van der Waals surface area contributed by atoms with Crippen LogP contribution in [0.3, 0.4) is 0 Å². The molecule has 2 saturated carbocycles. The minimum Gasteiger partial charge on any atom is -0.368 e. The maximum Gasteiger partial charge on any atom is 0.221 e. The molecule has 10 heteroatoms. The van der Waals surface area contributed by atoms with Crippen molar-refractivity contribution in [3.63, 3.8) is 0 Å². The molecular weight excluding hydrogens is 514 g/mol. The molecule has 3 aromatic rings. The van der Waals surface area contributed by atoms with Crippen molar-refractivity contribution in [2.45, 2.75) is 95.1 Å². The van der Waals surface area contributed by atoms with Gasteiger partial charge in [-0.3, -0.25) is 9.89 Å². The fraction of sp³-hybridized carbons (Fsp3) is 0.516. The highest BCUT2D eigenvalue weighted by Crippen LogP contribution is 2.34. The van der Waals surface area contributed by atoms with Crippen LogP contribution in [0.5, 0.6) is 0 Å². The molecule has 1 unspecified atom stereocenters. The maximum absolute atomic E-state index is 10.5. The molecular formula is C31H43N9O. The summed E-state index contributed by atoms with van der Waals surface area (Å²) in [5, 5.41) is 25.4. The number of nitrogens with zero attached hydrogens (tertiary/aromatic N) is 4. The van der Waals surface area contributed by atoms with Crippen LogP contribution in [-0.4, -0.2) is 45.2 Å². The number of nitriles is 1. The highest BCUT2D eigenvalue weighted by molar-refractivity contribution is 5.53. The zero-order chi connectivity index (χ0) is 29.1. The van der Waals surface area contributed by atoms with Crippen molar-refractivity contribution >= 4 is 24.0 Å². The molecule has 218 valence electrons. The Morgan fingerprint density at radius 1 is 1.02 bits per heavy atom. The van der Waals surface area contributed by atoms with E-state index in [1.165, 1.54) is 74.6 Å². The molecule has 1 atom stereocenters. The summed E-state index contributed by atoms with van der Waals surface area (Å²) in [5.74, 6) is 2.32. The third-order valence-electron chi connectivity index (χ3n) is 8.24. The van der Waals surface area contributed by atoms with Crippen LogP contribution in [0.1, 0.15) is 93.0 Å². The first kappa shape index (κ1) is 30.0. The van der Waals surface area contributed by atoms with Gasteiger partial charge in [-0.05, 0) is 81.8 Å². The van der Waals surface area contributed by atoms with Crippen LogP contribution in [0.4, 0.5) is 17.6 Å². The van der Waals surface area contributed by atoms with E-state index in [2.05, 4.69) is 49.2 Å². The van der Waals surface area contributed by atoms with Crippen LogP contribution >= 0.6 is 0 Å². The van der Waals surface area contributed by atoms with Crippen LogP contribution in [0.2, 0.25) is 0 Å². The van der Waals surface area contributed by atoms with E-state index in [0.717, 1.165) is 31.1 Å². The summed E-state index contributed by atoms with van der Waals surface area (Å²) < 4.78 is 0. The second kappa shape index (κ2) is 14.6. The Morgan fingerprint density at radius 2 is 1.76 bits per heavy atom. The summed E-state index contributed by atoms with van der Waals surface area (Å²) in [6.07, 6.45) is 16.3. The number of nitrogen functional groups attached to an aromatic ring is 1. The number of hydrogen-bond donors (Lipinski definition) is 5. The highest BCUT2D eigenvalue weighted by atomic mass is 16.1. The molecule has 3 aliphatic carbocycles. The molecule has 6 rings (SSSR count). The number of aromatic nitrogens is 4. The van der Waals surface area contributed by atoms with Crippen molar-refractivity contribution in [1.29, 1.82) is 5.26 Å². The zero-order valence-electron chi connectivity index (χ0n) is 24.2. The number of amides is 1. The summed E-state index contributed by atoms with van der Waals surface area (Å²) in [7, 11) is 2.07. The number of aromatic amines is 1. The lowest BCUT2D eigenvalue weighted by molar-refractivity contribution is -0.111. The average molecular weight is 558 g/mol. The van der Waals surface area contributed by atoms with E-state index < -0.39 is 0 Å². The van der Waals surface area contributed by atoms with Crippen molar-refractivity contribution in [3.8, 4) is 6.07 Å². The number of H-pyrrole nitrogens is 1. The van der Waals surface area contributed by atoms with Gasteiger partial charge in [0.1, 0.15) is 5.82 Å². The molecule has 3 aliphatic rings. The van der Waals surface area contributed by atoms with E-state index in [0.29, 0.717) is 17.3 Å². The first-order chi connectivity index (χ1) is 19.9. The Balaban J connectivity index is 0.000000152. The topological polar surface area (TPSA) is 157 Å². The summed E-state index contributed by atoms with van der Waals surface area (Å²) in [5.41, 5.74) is 9.63. The standard InChI is InChI=1S/C12H16N6.C12H12N2O.C7H15N/c13-12-14-6-5-10(16-12)15-11-7-9(17-18-11)8-3-1-2-4-8;1-12(14-8-15)5-10-3-2-9(7-13)4-11(10)6-12;1-8-7-5-3-2-4-6-7/h5-8H,1-4H2,(H4,13,14,15,16,17,18);2-4,8H,5-6H2,1H3,(H,14,15);7-8H,2-6H2,1H3. The van der Waals surface area contributed by atoms with Crippen molar-refractivity contribution in [1.82, 2.24) is 30.8 Å². The van der Waals surface area contributed by atoms with E-state index in [-0.39, 0.29) is 11.5 Å². The number of anilines is 3. The van der Waals surface area contributed by atoms with Gasteiger partial charge in [0.15, 0.2) is 5.82 Å². The number of rotatable bonds is 6. The quantitative estimate of drug-likeness (QED) is 0.268. The second-order valence-electron chi connectivity index (χ2n) is 11.5. The van der Waals surface area contributed by atoms with E-state index in [1.54, 1.807) is 12.3 Å². The van der Waals surface area contributed by atoms with Gasteiger partial charge in [-0.25, -0.2) is 4.98 Å². The van der Waals surface area contributed by atoms with Gasteiger partial charge < -0.3 is 21.7 Å². The Bertz CT molecular complexity index is 1300. The maximum atomic E-state index is 10.5. The predicted octanol–water partition coefficient (Wildman–Crippen LogP) is 4.88. The number of nitrogens with one attached hydrogen (secondary N) is 4. The first-order valence-corrected chi connectivity index (χ1v) is 14.7. The molecule has 1 aromatic carbocycles. The molecule has 2 heterocycles. The van der Waals surface area contributed by atoms with E-state index in [9.17, 15) is 4.79 Å². The van der Waals surface area contributed by atoms with Crippen LogP contribution in [0, 0.1) is 11.3 Å². The molecule has 2 aromatic heterocycles. The fourth-order valence-corrected chi connectivity index (χ4v) is 5.99. The minimum atomic E-state index is -0.182.